The minimum atomic E-state index is -0.0464. The van der Waals surface area contributed by atoms with Crippen LogP contribution in [0.3, 0.4) is 0 Å². The second kappa shape index (κ2) is 13.0. The largest absolute Gasteiger partial charge is 0.310 e. The van der Waals surface area contributed by atoms with Crippen molar-refractivity contribution < 1.29 is 0 Å². The molecule has 9 rings (SSSR count). The minimum Gasteiger partial charge on any atom is -0.310 e. The predicted octanol–water partition coefficient (Wildman–Crippen LogP) is 13.6. The molecule has 1 heteroatoms. The van der Waals surface area contributed by atoms with Crippen LogP contribution in [0.5, 0.6) is 0 Å². The van der Waals surface area contributed by atoms with Crippen LogP contribution in [-0.2, 0) is 5.41 Å². The molecule has 0 atom stereocenters. The Labute approximate surface area is 306 Å². The third kappa shape index (κ3) is 5.52. The Bertz CT molecular complexity index is 2520. The average Bonchev–Trinajstić information content (AvgIpc) is 3.43. The Morgan fingerprint density at radius 2 is 0.788 bits per heavy atom. The molecule has 1 aliphatic carbocycles. The number of hydrogen-bond acceptors (Lipinski definition) is 1. The van der Waals surface area contributed by atoms with Gasteiger partial charge in [-0.15, -0.1) is 0 Å². The summed E-state index contributed by atoms with van der Waals surface area (Å²) in [7, 11) is 0. The van der Waals surface area contributed by atoms with Gasteiger partial charge in [-0.2, -0.15) is 0 Å². The van der Waals surface area contributed by atoms with Crippen LogP contribution in [0.25, 0.3) is 33.0 Å². The van der Waals surface area contributed by atoms with Gasteiger partial charge >= 0.3 is 0 Å². The lowest BCUT2D eigenvalue weighted by atomic mass is 9.82. The van der Waals surface area contributed by atoms with Gasteiger partial charge in [-0.05, 0) is 103 Å². The zero-order chi connectivity index (χ0) is 35.1. The van der Waals surface area contributed by atoms with Crippen LogP contribution in [0.1, 0.15) is 47.2 Å². The summed E-state index contributed by atoms with van der Waals surface area (Å²) in [6, 6.07) is 72.8. The number of nitrogens with zero attached hydrogens (tertiary/aromatic N) is 1. The summed E-state index contributed by atoms with van der Waals surface area (Å²) in [6.07, 6.45) is 0. The monoisotopic (exact) mass is 665 g/mol. The second-order valence-corrected chi connectivity index (χ2v) is 14.2. The number of benzene rings is 8. The van der Waals surface area contributed by atoms with Gasteiger partial charge in [-0.3, -0.25) is 0 Å². The molecule has 1 nitrogen and oxygen atoms in total. The second-order valence-electron chi connectivity index (χ2n) is 14.2. The molecule has 0 saturated carbocycles. The maximum Gasteiger partial charge on any atom is 0.0468 e. The van der Waals surface area contributed by atoms with Crippen LogP contribution in [0.4, 0.5) is 17.1 Å². The van der Waals surface area contributed by atoms with Crippen molar-refractivity contribution in [3.05, 3.63) is 234 Å². The summed E-state index contributed by atoms with van der Waals surface area (Å²) in [5, 5.41) is 2.46. The lowest BCUT2D eigenvalue weighted by Crippen LogP contribution is -2.15. The lowest BCUT2D eigenvalue weighted by molar-refractivity contribution is 0.660. The standard InChI is InChI=1S/C51H39N/c1-51(2)47-25-15-14-24-45(47)46-35-44(32-33-48(46)51)52(43-31-26-36-16-12-13-23-41(36)34-43)42-29-27-40(28-30-42)50(39-21-10-5-11-22-39)49(37-17-6-3-7-18-37)38-19-8-4-9-20-38/h3-35H,1-2H3. The molecule has 52 heavy (non-hydrogen) atoms. The summed E-state index contributed by atoms with van der Waals surface area (Å²) in [5.41, 5.74) is 15.9. The van der Waals surface area contributed by atoms with Crippen LogP contribution in [-0.4, -0.2) is 0 Å². The molecule has 0 spiro atoms. The van der Waals surface area contributed by atoms with E-state index in [4.69, 9.17) is 0 Å². The van der Waals surface area contributed by atoms with E-state index in [9.17, 15) is 0 Å². The normalized spacial score (nSPS) is 12.6. The van der Waals surface area contributed by atoms with Crippen LogP contribution < -0.4 is 4.90 Å². The molecule has 0 aliphatic heterocycles. The zero-order valence-corrected chi connectivity index (χ0v) is 29.5. The summed E-state index contributed by atoms with van der Waals surface area (Å²) < 4.78 is 0. The van der Waals surface area contributed by atoms with Crippen molar-refractivity contribution in [2.75, 3.05) is 4.90 Å². The molecule has 8 aromatic carbocycles. The molecule has 0 unspecified atom stereocenters. The molecular weight excluding hydrogens is 627 g/mol. The quantitative estimate of drug-likeness (QED) is 0.153. The topological polar surface area (TPSA) is 3.24 Å². The molecule has 8 aromatic rings. The van der Waals surface area contributed by atoms with Crippen molar-refractivity contribution in [1.29, 1.82) is 0 Å². The Balaban J connectivity index is 1.24. The number of rotatable bonds is 7. The minimum absolute atomic E-state index is 0.0464. The Kier molecular flexibility index (Phi) is 7.90. The van der Waals surface area contributed by atoms with E-state index in [-0.39, 0.29) is 5.41 Å². The molecule has 0 fully saturated rings. The third-order valence-electron chi connectivity index (χ3n) is 10.7. The summed E-state index contributed by atoms with van der Waals surface area (Å²) in [5.74, 6) is 0. The van der Waals surface area contributed by atoms with Gasteiger partial charge in [0.05, 0.1) is 0 Å². The Hall–Kier alpha value is -6.44. The van der Waals surface area contributed by atoms with E-state index in [1.54, 1.807) is 0 Å². The first-order valence-electron chi connectivity index (χ1n) is 18.1. The molecule has 0 saturated heterocycles. The van der Waals surface area contributed by atoms with E-state index in [1.165, 1.54) is 66.4 Å². The van der Waals surface area contributed by atoms with Gasteiger partial charge in [0.2, 0.25) is 0 Å². The van der Waals surface area contributed by atoms with Gasteiger partial charge in [-0.25, -0.2) is 0 Å². The van der Waals surface area contributed by atoms with E-state index in [2.05, 4.69) is 219 Å². The van der Waals surface area contributed by atoms with Crippen molar-refractivity contribution >= 4 is 39.0 Å². The van der Waals surface area contributed by atoms with Crippen molar-refractivity contribution in [2.24, 2.45) is 0 Å². The fourth-order valence-electron chi connectivity index (χ4n) is 8.11. The highest BCUT2D eigenvalue weighted by Gasteiger charge is 2.35. The maximum atomic E-state index is 2.41. The fourth-order valence-corrected chi connectivity index (χ4v) is 8.11. The van der Waals surface area contributed by atoms with Crippen LogP contribution in [0, 0.1) is 0 Å². The third-order valence-corrected chi connectivity index (χ3v) is 10.7. The fraction of sp³-hybridized carbons (Fsp3) is 0.0588. The summed E-state index contributed by atoms with van der Waals surface area (Å²) >= 11 is 0. The van der Waals surface area contributed by atoms with E-state index in [1.807, 2.05) is 0 Å². The maximum absolute atomic E-state index is 2.41. The first kappa shape index (κ1) is 31.5. The molecule has 0 heterocycles. The zero-order valence-electron chi connectivity index (χ0n) is 29.5. The Morgan fingerprint density at radius 3 is 1.40 bits per heavy atom. The molecule has 0 N–H and O–H groups in total. The summed E-state index contributed by atoms with van der Waals surface area (Å²) in [4.78, 5) is 2.41. The van der Waals surface area contributed by atoms with E-state index in [0.717, 1.165) is 17.1 Å². The van der Waals surface area contributed by atoms with Crippen molar-refractivity contribution in [1.82, 2.24) is 0 Å². The first-order chi connectivity index (χ1) is 25.6. The number of anilines is 3. The lowest BCUT2D eigenvalue weighted by Gasteiger charge is -2.28. The highest BCUT2D eigenvalue weighted by molar-refractivity contribution is 6.05. The van der Waals surface area contributed by atoms with Gasteiger partial charge in [0.15, 0.2) is 0 Å². The smallest absolute Gasteiger partial charge is 0.0468 e. The average molecular weight is 666 g/mol. The highest BCUT2D eigenvalue weighted by atomic mass is 15.1. The molecule has 1 aliphatic rings. The van der Waals surface area contributed by atoms with Gasteiger partial charge in [-0.1, -0.05) is 178 Å². The van der Waals surface area contributed by atoms with Crippen molar-refractivity contribution in [3.8, 4) is 11.1 Å². The van der Waals surface area contributed by atoms with E-state index in [0.29, 0.717) is 0 Å². The summed E-state index contributed by atoms with van der Waals surface area (Å²) in [6.45, 7) is 4.68. The van der Waals surface area contributed by atoms with E-state index >= 15 is 0 Å². The van der Waals surface area contributed by atoms with Crippen LogP contribution in [0.2, 0.25) is 0 Å². The first-order valence-corrected chi connectivity index (χ1v) is 18.1. The Morgan fingerprint density at radius 1 is 0.346 bits per heavy atom. The molecule has 0 aromatic heterocycles. The van der Waals surface area contributed by atoms with E-state index < -0.39 is 0 Å². The number of hydrogen-bond donors (Lipinski definition) is 0. The van der Waals surface area contributed by atoms with Crippen LogP contribution in [0.15, 0.2) is 200 Å². The van der Waals surface area contributed by atoms with Gasteiger partial charge in [0, 0.05) is 22.5 Å². The van der Waals surface area contributed by atoms with Gasteiger partial charge in [0.1, 0.15) is 0 Å². The highest BCUT2D eigenvalue weighted by Crippen LogP contribution is 2.50. The van der Waals surface area contributed by atoms with Crippen molar-refractivity contribution in [2.45, 2.75) is 19.3 Å². The SMILES string of the molecule is CC1(C)c2ccccc2-c2cc(N(c3ccc(C(=C(c4ccccc4)c4ccccc4)c4ccccc4)cc3)c3ccc4ccccc4c3)ccc21. The van der Waals surface area contributed by atoms with Crippen molar-refractivity contribution in [3.63, 3.8) is 0 Å². The predicted molar refractivity (Wildman–Crippen MR) is 221 cm³/mol. The van der Waals surface area contributed by atoms with Crippen LogP contribution >= 0.6 is 0 Å². The molecule has 248 valence electrons. The molecule has 0 bridgehead atoms. The molecular formula is C51H39N. The number of fused-ring (bicyclic) bond motifs is 4. The van der Waals surface area contributed by atoms with Gasteiger partial charge < -0.3 is 4.90 Å². The molecule has 0 amide bonds. The van der Waals surface area contributed by atoms with Gasteiger partial charge in [0.25, 0.3) is 0 Å². The molecule has 0 radical (unpaired) electrons.